The van der Waals surface area contributed by atoms with Crippen LogP contribution in [-0.4, -0.2) is 9.97 Å². The Labute approximate surface area is 411 Å². The van der Waals surface area contributed by atoms with Crippen molar-refractivity contribution in [2.75, 3.05) is 0 Å². The molecule has 3 heteroatoms. The number of ether oxygens (including phenoxy) is 1. The summed E-state index contributed by atoms with van der Waals surface area (Å²) < 4.78 is 7.84. The zero-order chi connectivity index (χ0) is 46.7. The molecule has 2 aliphatic carbocycles. The SMILES string of the molecule is CCCCCCCc1ccc(-c2ccc(C(OC(c3ccc(-c4ccc(CCCCCCC)cn4)cc3)[C@H]3CC[C@H](CCCCCCC)CC3)[C@H]3CC[C@H](CCCCCCC)CC3)cc2)nc1. The van der Waals surface area contributed by atoms with Gasteiger partial charge in [0.05, 0.1) is 23.6 Å². The van der Waals surface area contributed by atoms with Crippen LogP contribution in [0.25, 0.3) is 22.5 Å². The third-order valence-corrected chi connectivity index (χ3v) is 16.2. The van der Waals surface area contributed by atoms with E-state index in [-0.39, 0.29) is 12.2 Å². The van der Waals surface area contributed by atoms with Crippen LogP contribution in [0.15, 0.2) is 85.2 Å². The van der Waals surface area contributed by atoms with Crippen molar-refractivity contribution in [3.63, 3.8) is 0 Å². The zero-order valence-electron chi connectivity index (χ0n) is 43.5. The minimum absolute atomic E-state index is 0.0831. The fourth-order valence-electron chi connectivity index (χ4n) is 11.8. The third kappa shape index (κ3) is 18.2. The number of unbranched alkanes of at least 4 members (excludes halogenated alkanes) is 16. The molecule has 0 bridgehead atoms. The molecule has 0 radical (unpaired) electrons. The van der Waals surface area contributed by atoms with E-state index in [1.807, 2.05) is 0 Å². The maximum absolute atomic E-state index is 7.84. The fourth-order valence-corrected chi connectivity index (χ4v) is 11.8. The summed E-state index contributed by atoms with van der Waals surface area (Å²) in [5.74, 6) is 2.82. The van der Waals surface area contributed by atoms with E-state index in [0.717, 1.165) is 36.1 Å². The molecule has 368 valence electrons. The molecule has 0 spiro atoms. The number of hydrogen-bond acceptors (Lipinski definition) is 3. The molecule has 2 heterocycles. The highest BCUT2D eigenvalue weighted by atomic mass is 16.5. The standard InChI is InChI=1S/C64H96N2O/c1-5-9-13-17-21-25-51-29-35-57(36-30-51)63(59-43-39-55(40-44-59)61-47-33-53(49-65-61)27-23-19-15-11-7-3)67-64(58-37-31-52(32-38-58)26-22-18-14-10-6-2)60-45-41-56(42-46-60)62-48-34-54(50-66-62)28-24-20-16-12-8-4/h33-34,39-52,57-58,63-64H,5-32,35-38H2,1-4H3/t51-,52-,57-,58-,63?,64?. The highest BCUT2D eigenvalue weighted by Crippen LogP contribution is 2.47. The number of aromatic nitrogens is 2. The first-order valence-electron chi connectivity index (χ1n) is 28.8. The summed E-state index contributed by atoms with van der Waals surface area (Å²) in [4.78, 5) is 9.96. The molecular formula is C64H96N2O. The van der Waals surface area contributed by atoms with Crippen LogP contribution in [0.4, 0.5) is 0 Å². The second-order valence-electron chi connectivity index (χ2n) is 21.6. The lowest BCUT2D eigenvalue weighted by molar-refractivity contribution is -0.0907. The smallest absolute Gasteiger partial charge is 0.0861 e. The van der Waals surface area contributed by atoms with Gasteiger partial charge in [-0.1, -0.05) is 242 Å². The van der Waals surface area contributed by atoms with E-state index >= 15 is 0 Å². The maximum atomic E-state index is 7.84. The van der Waals surface area contributed by atoms with Crippen LogP contribution < -0.4 is 0 Å². The lowest BCUT2D eigenvalue weighted by Gasteiger charge is -2.40. The van der Waals surface area contributed by atoms with Crippen molar-refractivity contribution in [2.24, 2.45) is 23.7 Å². The van der Waals surface area contributed by atoms with Gasteiger partial charge in [0.2, 0.25) is 0 Å². The summed E-state index contributed by atoms with van der Waals surface area (Å²) in [6.45, 7) is 9.23. The van der Waals surface area contributed by atoms with Gasteiger partial charge in [-0.05, 0) is 109 Å². The van der Waals surface area contributed by atoms with Crippen LogP contribution in [0.1, 0.15) is 255 Å². The van der Waals surface area contributed by atoms with Crippen LogP contribution in [0.3, 0.4) is 0 Å². The largest absolute Gasteiger partial charge is 0.365 e. The molecular weight excluding hydrogens is 813 g/mol. The number of benzene rings is 2. The summed E-state index contributed by atoms with van der Waals surface area (Å²) >= 11 is 0. The quantitative estimate of drug-likeness (QED) is 0.0458. The molecule has 3 nitrogen and oxygen atoms in total. The van der Waals surface area contributed by atoms with E-state index in [9.17, 15) is 0 Å². The molecule has 2 saturated carbocycles. The summed E-state index contributed by atoms with van der Waals surface area (Å²) in [7, 11) is 0. The molecule has 6 rings (SSSR count). The van der Waals surface area contributed by atoms with Gasteiger partial charge >= 0.3 is 0 Å². The van der Waals surface area contributed by atoms with Crippen molar-refractivity contribution < 1.29 is 4.74 Å². The predicted octanol–water partition coefficient (Wildman–Crippen LogP) is 20.0. The highest BCUT2D eigenvalue weighted by Gasteiger charge is 2.36. The zero-order valence-corrected chi connectivity index (χ0v) is 43.5. The summed E-state index contributed by atoms with van der Waals surface area (Å²) in [6, 6.07) is 28.1. The Balaban J connectivity index is 1.20. The Morgan fingerprint density at radius 3 is 1.06 bits per heavy atom. The number of aryl methyl sites for hydroxylation is 2. The molecule has 67 heavy (non-hydrogen) atoms. The minimum Gasteiger partial charge on any atom is -0.365 e. The van der Waals surface area contributed by atoms with E-state index in [2.05, 4.69) is 113 Å². The van der Waals surface area contributed by atoms with E-state index in [1.165, 1.54) is 226 Å². The Morgan fingerprint density at radius 1 is 0.388 bits per heavy atom. The second kappa shape index (κ2) is 31.0. The molecule has 2 atom stereocenters. The summed E-state index contributed by atoms with van der Waals surface area (Å²) in [6.07, 6.45) is 46.9. The molecule has 2 fully saturated rings. The van der Waals surface area contributed by atoms with Crippen LogP contribution in [0.5, 0.6) is 0 Å². The van der Waals surface area contributed by atoms with Gasteiger partial charge < -0.3 is 4.74 Å². The van der Waals surface area contributed by atoms with Gasteiger partial charge in [0, 0.05) is 23.5 Å². The Kier molecular flexibility index (Phi) is 24.6. The summed E-state index contributed by atoms with van der Waals surface area (Å²) in [5, 5.41) is 0. The second-order valence-corrected chi connectivity index (χ2v) is 21.6. The Morgan fingerprint density at radius 2 is 0.731 bits per heavy atom. The molecule has 0 N–H and O–H groups in total. The molecule has 2 aromatic carbocycles. The molecule has 2 unspecified atom stereocenters. The van der Waals surface area contributed by atoms with E-state index < -0.39 is 0 Å². The number of hydrogen-bond donors (Lipinski definition) is 0. The van der Waals surface area contributed by atoms with Gasteiger partial charge in [-0.15, -0.1) is 0 Å². The monoisotopic (exact) mass is 909 g/mol. The van der Waals surface area contributed by atoms with Gasteiger partial charge in [-0.25, -0.2) is 0 Å². The van der Waals surface area contributed by atoms with Crippen LogP contribution in [-0.2, 0) is 17.6 Å². The van der Waals surface area contributed by atoms with E-state index in [4.69, 9.17) is 14.7 Å². The van der Waals surface area contributed by atoms with E-state index in [1.54, 1.807) is 0 Å². The van der Waals surface area contributed by atoms with Gasteiger partial charge in [0.15, 0.2) is 0 Å². The van der Waals surface area contributed by atoms with Gasteiger partial charge in [-0.3, -0.25) is 9.97 Å². The third-order valence-electron chi connectivity index (χ3n) is 16.2. The van der Waals surface area contributed by atoms with Gasteiger partial charge in [-0.2, -0.15) is 0 Å². The van der Waals surface area contributed by atoms with Crippen molar-refractivity contribution in [3.8, 4) is 22.5 Å². The van der Waals surface area contributed by atoms with Crippen molar-refractivity contribution in [2.45, 2.75) is 245 Å². The molecule has 4 aromatic rings. The van der Waals surface area contributed by atoms with E-state index in [0.29, 0.717) is 11.8 Å². The maximum Gasteiger partial charge on any atom is 0.0861 e. The number of rotatable bonds is 32. The van der Waals surface area contributed by atoms with Gasteiger partial charge in [0.1, 0.15) is 0 Å². The molecule has 2 aliphatic rings. The van der Waals surface area contributed by atoms with Crippen molar-refractivity contribution >= 4 is 0 Å². The van der Waals surface area contributed by atoms with Crippen LogP contribution in [0, 0.1) is 23.7 Å². The molecule has 0 aliphatic heterocycles. The first-order chi connectivity index (χ1) is 33.1. The topological polar surface area (TPSA) is 35.0 Å². The number of nitrogens with zero attached hydrogens (tertiary/aromatic N) is 2. The fraction of sp³-hybridized carbons (Fsp3) is 0.656. The minimum atomic E-state index is 0.0831. The summed E-state index contributed by atoms with van der Waals surface area (Å²) in [5.41, 5.74) is 9.99. The average molecular weight is 909 g/mol. The Hall–Kier alpha value is -3.30. The Bertz CT molecular complexity index is 1700. The molecule has 2 aromatic heterocycles. The first-order valence-corrected chi connectivity index (χ1v) is 28.8. The normalized spacial score (nSPS) is 19.6. The molecule has 0 amide bonds. The highest BCUT2D eigenvalue weighted by molar-refractivity contribution is 5.60. The van der Waals surface area contributed by atoms with Gasteiger partial charge in [0.25, 0.3) is 0 Å². The number of pyridine rings is 2. The van der Waals surface area contributed by atoms with Crippen molar-refractivity contribution in [1.29, 1.82) is 0 Å². The lowest BCUT2D eigenvalue weighted by atomic mass is 9.74. The predicted molar refractivity (Wildman–Crippen MR) is 288 cm³/mol. The van der Waals surface area contributed by atoms with Crippen LogP contribution >= 0.6 is 0 Å². The van der Waals surface area contributed by atoms with Crippen LogP contribution in [0.2, 0.25) is 0 Å². The van der Waals surface area contributed by atoms with Crippen molar-refractivity contribution in [3.05, 3.63) is 107 Å². The lowest BCUT2D eigenvalue weighted by Crippen LogP contribution is -2.28. The first kappa shape index (κ1) is 53.1. The average Bonchev–Trinajstić information content (AvgIpc) is 3.37. The molecule has 0 saturated heterocycles. The van der Waals surface area contributed by atoms with Crippen molar-refractivity contribution in [1.82, 2.24) is 9.97 Å².